The number of nitrogens with one attached hydrogen (secondary N) is 1. The van der Waals surface area contributed by atoms with E-state index in [-0.39, 0.29) is 16.7 Å². The Labute approximate surface area is 134 Å². The quantitative estimate of drug-likeness (QED) is 0.645. The minimum absolute atomic E-state index is 0.0556. The van der Waals surface area contributed by atoms with Crippen molar-refractivity contribution in [1.29, 1.82) is 0 Å². The van der Waals surface area contributed by atoms with Crippen molar-refractivity contribution < 1.29 is 18.1 Å². The van der Waals surface area contributed by atoms with Crippen LogP contribution in [0.5, 0.6) is 0 Å². The number of piperidine rings is 1. The molecule has 0 aromatic heterocycles. The second-order valence-electron chi connectivity index (χ2n) is 5.58. The number of nitrogens with zero attached hydrogens (tertiary/aromatic N) is 2. The van der Waals surface area contributed by atoms with Crippen molar-refractivity contribution >= 4 is 27.1 Å². The number of hydrogen-bond acceptors (Lipinski definition) is 6. The molecule has 2 rings (SSSR count). The molecule has 9 heteroatoms. The molecule has 1 fully saturated rings. The van der Waals surface area contributed by atoms with Crippen LogP contribution in [0.2, 0.25) is 0 Å². The SMILES string of the molecule is CNC(=O)C1CCCN(c2ccc([N+](=O)[O-])c(S(C)(=O)=O)c2)C1. The molecule has 23 heavy (non-hydrogen) atoms. The first kappa shape index (κ1) is 17.2. The highest BCUT2D eigenvalue weighted by atomic mass is 32.2. The summed E-state index contributed by atoms with van der Waals surface area (Å²) in [5.74, 6) is -0.231. The maximum atomic E-state index is 11.8. The van der Waals surface area contributed by atoms with Gasteiger partial charge in [-0.2, -0.15) is 0 Å². The van der Waals surface area contributed by atoms with E-state index in [9.17, 15) is 23.3 Å². The molecular formula is C14H19N3O5S. The maximum absolute atomic E-state index is 11.8. The Balaban J connectivity index is 2.37. The lowest BCUT2D eigenvalue weighted by Gasteiger charge is -2.33. The van der Waals surface area contributed by atoms with Crippen molar-refractivity contribution in [1.82, 2.24) is 5.32 Å². The minimum Gasteiger partial charge on any atom is -0.371 e. The molecule has 0 spiro atoms. The Hall–Kier alpha value is -2.16. The summed E-state index contributed by atoms with van der Waals surface area (Å²) in [6.07, 6.45) is 2.51. The molecule has 1 aromatic rings. The van der Waals surface area contributed by atoms with E-state index in [1.807, 2.05) is 4.90 Å². The van der Waals surface area contributed by atoms with Gasteiger partial charge in [0.05, 0.1) is 10.8 Å². The molecule has 126 valence electrons. The first-order chi connectivity index (χ1) is 10.7. The third kappa shape index (κ3) is 3.79. The number of nitro benzene ring substituents is 1. The van der Waals surface area contributed by atoms with E-state index in [0.29, 0.717) is 18.8 Å². The van der Waals surface area contributed by atoms with Crippen molar-refractivity contribution in [2.24, 2.45) is 5.92 Å². The number of nitro groups is 1. The lowest BCUT2D eigenvalue weighted by atomic mass is 9.96. The van der Waals surface area contributed by atoms with Crippen molar-refractivity contribution in [3.05, 3.63) is 28.3 Å². The van der Waals surface area contributed by atoms with Crippen LogP contribution in [0.15, 0.2) is 23.1 Å². The van der Waals surface area contributed by atoms with Crippen molar-refractivity contribution in [2.45, 2.75) is 17.7 Å². The van der Waals surface area contributed by atoms with Crippen LogP contribution < -0.4 is 10.2 Å². The van der Waals surface area contributed by atoms with E-state index in [0.717, 1.165) is 19.1 Å². The Bertz CT molecular complexity index is 732. The molecule has 0 bridgehead atoms. The smallest absolute Gasteiger partial charge is 0.288 e. The normalized spacial score (nSPS) is 18.5. The predicted octanol–water partition coefficient (Wildman–Crippen LogP) is 0.961. The lowest BCUT2D eigenvalue weighted by molar-refractivity contribution is -0.387. The molecule has 1 unspecified atom stereocenters. The molecule has 1 amide bonds. The van der Waals surface area contributed by atoms with Gasteiger partial charge in [0.15, 0.2) is 9.84 Å². The zero-order valence-electron chi connectivity index (χ0n) is 13.0. The summed E-state index contributed by atoms with van der Waals surface area (Å²) >= 11 is 0. The van der Waals surface area contributed by atoms with Gasteiger partial charge in [-0.25, -0.2) is 8.42 Å². The molecular weight excluding hydrogens is 322 g/mol. The Morgan fingerprint density at radius 3 is 2.70 bits per heavy atom. The van der Waals surface area contributed by atoms with E-state index in [1.54, 1.807) is 7.05 Å². The topological polar surface area (TPSA) is 110 Å². The summed E-state index contributed by atoms with van der Waals surface area (Å²) in [6.45, 7) is 1.13. The van der Waals surface area contributed by atoms with Gasteiger partial charge in [-0.05, 0) is 25.0 Å². The number of amides is 1. The first-order valence-electron chi connectivity index (χ1n) is 7.19. The fraction of sp³-hybridized carbons (Fsp3) is 0.500. The standard InChI is InChI=1S/C14H19N3O5S/c1-15-14(18)10-4-3-7-16(9-10)11-5-6-12(17(19)20)13(8-11)23(2,21)22/h5-6,8,10H,3-4,7,9H2,1-2H3,(H,15,18). The molecule has 1 aromatic carbocycles. The average molecular weight is 341 g/mol. The summed E-state index contributed by atoms with van der Waals surface area (Å²) in [7, 11) is -2.14. The molecule has 1 heterocycles. The zero-order valence-corrected chi connectivity index (χ0v) is 13.8. The number of carbonyl (C=O) groups is 1. The van der Waals surface area contributed by atoms with E-state index < -0.39 is 20.4 Å². The van der Waals surface area contributed by atoms with Crippen LogP contribution in [0.25, 0.3) is 0 Å². The zero-order chi connectivity index (χ0) is 17.2. The van der Waals surface area contributed by atoms with Gasteiger partial charge in [-0.15, -0.1) is 0 Å². The van der Waals surface area contributed by atoms with Gasteiger partial charge >= 0.3 is 0 Å². The molecule has 1 saturated heterocycles. The van der Waals surface area contributed by atoms with Crippen LogP contribution in [0, 0.1) is 16.0 Å². The Kier molecular flexibility index (Phi) is 4.88. The molecule has 0 aliphatic carbocycles. The van der Waals surface area contributed by atoms with Gasteiger partial charge in [-0.1, -0.05) is 0 Å². The first-order valence-corrected chi connectivity index (χ1v) is 9.08. The Morgan fingerprint density at radius 1 is 1.43 bits per heavy atom. The summed E-state index contributed by atoms with van der Waals surface area (Å²) in [6, 6.07) is 4.05. The highest BCUT2D eigenvalue weighted by Crippen LogP contribution is 2.31. The average Bonchev–Trinajstić information content (AvgIpc) is 2.52. The fourth-order valence-electron chi connectivity index (χ4n) is 2.78. The second-order valence-corrected chi connectivity index (χ2v) is 7.56. The van der Waals surface area contributed by atoms with Gasteiger partial charge in [0, 0.05) is 38.1 Å². The molecule has 0 radical (unpaired) electrons. The molecule has 0 saturated carbocycles. The number of rotatable bonds is 4. The van der Waals surface area contributed by atoms with E-state index in [4.69, 9.17) is 0 Å². The fourth-order valence-corrected chi connectivity index (χ4v) is 3.63. The van der Waals surface area contributed by atoms with Gasteiger partial charge in [0.1, 0.15) is 4.90 Å². The molecule has 1 aliphatic heterocycles. The third-order valence-corrected chi connectivity index (χ3v) is 5.07. The Morgan fingerprint density at radius 2 is 2.13 bits per heavy atom. The van der Waals surface area contributed by atoms with Gasteiger partial charge < -0.3 is 10.2 Å². The highest BCUT2D eigenvalue weighted by Gasteiger charge is 2.28. The summed E-state index contributed by atoms with van der Waals surface area (Å²) < 4.78 is 23.6. The van der Waals surface area contributed by atoms with Gasteiger partial charge in [0.2, 0.25) is 5.91 Å². The maximum Gasteiger partial charge on any atom is 0.288 e. The van der Waals surface area contributed by atoms with E-state index in [1.165, 1.54) is 18.2 Å². The minimum atomic E-state index is -3.72. The van der Waals surface area contributed by atoms with E-state index in [2.05, 4.69) is 5.32 Å². The number of sulfone groups is 1. The van der Waals surface area contributed by atoms with Crippen LogP contribution >= 0.6 is 0 Å². The van der Waals surface area contributed by atoms with Crippen LogP contribution in [-0.2, 0) is 14.6 Å². The third-order valence-electron chi connectivity index (χ3n) is 3.94. The van der Waals surface area contributed by atoms with Crippen LogP contribution in [-0.4, -0.2) is 45.6 Å². The van der Waals surface area contributed by atoms with Crippen LogP contribution in [0.3, 0.4) is 0 Å². The van der Waals surface area contributed by atoms with Crippen LogP contribution in [0.4, 0.5) is 11.4 Å². The molecule has 1 aliphatic rings. The summed E-state index contributed by atoms with van der Waals surface area (Å²) in [5.41, 5.74) is 0.140. The molecule has 1 N–H and O–H groups in total. The predicted molar refractivity (Wildman–Crippen MR) is 85.2 cm³/mol. The van der Waals surface area contributed by atoms with Crippen molar-refractivity contribution in [2.75, 3.05) is 31.3 Å². The molecule has 1 atom stereocenters. The number of carbonyl (C=O) groups excluding carboxylic acids is 1. The molecule has 8 nitrogen and oxygen atoms in total. The van der Waals surface area contributed by atoms with Gasteiger partial charge in [0.25, 0.3) is 5.69 Å². The number of hydrogen-bond donors (Lipinski definition) is 1. The van der Waals surface area contributed by atoms with Crippen LogP contribution in [0.1, 0.15) is 12.8 Å². The second kappa shape index (κ2) is 6.53. The highest BCUT2D eigenvalue weighted by molar-refractivity contribution is 7.90. The summed E-state index contributed by atoms with van der Waals surface area (Å²) in [4.78, 5) is 23.7. The van der Waals surface area contributed by atoms with Crippen molar-refractivity contribution in [3.63, 3.8) is 0 Å². The monoisotopic (exact) mass is 341 g/mol. The lowest BCUT2D eigenvalue weighted by Crippen LogP contribution is -2.42. The van der Waals surface area contributed by atoms with Gasteiger partial charge in [-0.3, -0.25) is 14.9 Å². The van der Waals surface area contributed by atoms with E-state index >= 15 is 0 Å². The van der Waals surface area contributed by atoms with Crippen molar-refractivity contribution in [3.8, 4) is 0 Å². The number of anilines is 1. The largest absolute Gasteiger partial charge is 0.371 e. The summed E-state index contributed by atoms with van der Waals surface area (Å²) in [5, 5.41) is 13.6. The number of benzene rings is 1.